The van der Waals surface area contributed by atoms with E-state index in [1.54, 1.807) is 36.4 Å². The number of carbonyl (C=O) groups excluding carboxylic acids is 3. The number of phosphoric acid groups is 1. The zero-order valence-electron chi connectivity index (χ0n) is 21.6. The van der Waals surface area contributed by atoms with Gasteiger partial charge in [-0.15, -0.1) is 0 Å². The van der Waals surface area contributed by atoms with Crippen LogP contribution in [-0.4, -0.2) is 33.7 Å². The van der Waals surface area contributed by atoms with Crippen molar-refractivity contribution >= 4 is 90.4 Å². The Hall–Kier alpha value is -2.86. The summed E-state index contributed by atoms with van der Waals surface area (Å²) in [6.07, 6.45) is 0.938. The van der Waals surface area contributed by atoms with Crippen molar-refractivity contribution in [1.29, 1.82) is 0 Å². The first-order valence-corrected chi connectivity index (χ1v) is 17.1. The number of amides is 3. The molecule has 0 aromatic heterocycles. The molecule has 10 nitrogen and oxygen atoms in total. The fourth-order valence-electron chi connectivity index (χ4n) is 3.17. The third kappa shape index (κ3) is 11.5. The van der Waals surface area contributed by atoms with Gasteiger partial charge in [-0.1, -0.05) is 47.8 Å². The van der Waals surface area contributed by atoms with Gasteiger partial charge >= 0.3 is 7.82 Å². The molecule has 14 heteroatoms. The minimum Gasteiger partial charge on any atom is -0.386 e. The standard InChI is InChI=1S/C27H27Br3N3O7P/c28-16-13-25(34)31-19-1-7-22(8-2-19)38-41(37,39-23-9-3-20(4-10-23)32-26(35)14-17-29)40-24-11-5-21(6-12-24)33-27(36)15-18-30/h1-12H,13-18H2,(H,31,34)(H,32,35)(H,33,36). The summed E-state index contributed by atoms with van der Waals surface area (Å²) in [7, 11) is -4.33. The van der Waals surface area contributed by atoms with Gasteiger partial charge in [-0.05, 0) is 72.8 Å². The number of nitrogens with one attached hydrogen (secondary N) is 3. The molecule has 0 atom stereocenters. The highest BCUT2D eigenvalue weighted by Gasteiger charge is 2.33. The summed E-state index contributed by atoms with van der Waals surface area (Å²) < 4.78 is 31.0. The molecule has 3 aromatic rings. The lowest BCUT2D eigenvalue weighted by Crippen LogP contribution is -2.12. The molecule has 0 radical (unpaired) electrons. The van der Waals surface area contributed by atoms with Crippen LogP contribution in [0.5, 0.6) is 17.2 Å². The molecule has 3 N–H and O–H groups in total. The summed E-state index contributed by atoms with van der Waals surface area (Å²) in [6.45, 7) is 0. The van der Waals surface area contributed by atoms with Gasteiger partial charge in [-0.3, -0.25) is 14.4 Å². The molecule has 3 aromatic carbocycles. The quantitative estimate of drug-likeness (QED) is 0.108. The predicted octanol–water partition coefficient (Wildman–Crippen LogP) is 7.50. The molecular formula is C27H27Br3N3O7P. The molecule has 0 saturated carbocycles. The highest BCUT2D eigenvalue weighted by atomic mass is 79.9. The minimum absolute atomic E-state index is 0.161. The van der Waals surface area contributed by atoms with Gasteiger partial charge in [0.05, 0.1) is 0 Å². The Labute approximate surface area is 262 Å². The summed E-state index contributed by atoms with van der Waals surface area (Å²) >= 11 is 9.67. The van der Waals surface area contributed by atoms with Crippen molar-refractivity contribution in [2.45, 2.75) is 19.3 Å². The fourth-order valence-corrected chi connectivity index (χ4v) is 5.50. The van der Waals surface area contributed by atoms with E-state index in [-0.39, 0.29) is 35.0 Å². The lowest BCUT2D eigenvalue weighted by molar-refractivity contribution is -0.116. The van der Waals surface area contributed by atoms with Crippen molar-refractivity contribution in [2.75, 3.05) is 31.9 Å². The average Bonchev–Trinajstić information content (AvgIpc) is 2.92. The smallest absolute Gasteiger partial charge is 0.386 e. The molecule has 0 saturated heterocycles. The second-order valence-electron chi connectivity index (χ2n) is 8.26. The Balaban J connectivity index is 1.78. The third-order valence-electron chi connectivity index (χ3n) is 5.03. The second-order valence-corrected chi connectivity index (χ2v) is 12.1. The zero-order chi connectivity index (χ0) is 29.7. The van der Waals surface area contributed by atoms with Gasteiger partial charge in [0, 0.05) is 52.3 Å². The van der Waals surface area contributed by atoms with Crippen LogP contribution in [0.4, 0.5) is 17.1 Å². The summed E-state index contributed by atoms with van der Waals surface area (Å²) in [6, 6.07) is 18.7. The minimum atomic E-state index is -4.33. The van der Waals surface area contributed by atoms with E-state index in [1.165, 1.54) is 36.4 Å². The first kappa shape index (κ1) is 32.7. The molecule has 0 aliphatic rings. The maximum atomic E-state index is 13.9. The van der Waals surface area contributed by atoms with Crippen LogP contribution < -0.4 is 29.5 Å². The zero-order valence-corrected chi connectivity index (χ0v) is 27.3. The normalized spacial score (nSPS) is 10.8. The number of alkyl halides is 3. The summed E-state index contributed by atoms with van der Waals surface area (Å²) in [5.74, 6) is 0.0297. The van der Waals surface area contributed by atoms with Crippen LogP contribution in [0.2, 0.25) is 0 Å². The SMILES string of the molecule is O=C(CCBr)Nc1ccc(OP(=O)(Oc2ccc(NC(=O)CCBr)cc2)Oc2ccc(NC(=O)CCBr)cc2)cc1. The Kier molecular flexibility index (Phi) is 13.2. The molecule has 0 bridgehead atoms. The molecule has 41 heavy (non-hydrogen) atoms. The number of hydrogen-bond donors (Lipinski definition) is 3. The molecule has 0 spiro atoms. The topological polar surface area (TPSA) is 132 Å². The van der Waals surface area contributed by atoms with Crippen LogP contribution in [0.25, 0.3) is 0 Å². The number of phosphoric ester groups is 1. The first-order valence-electron chi connectivity index (χ1n) is 12.3. The van der Waals surface area contributed by atoms with Crippen LogP contribution >= 0.6 is 55.6 Å². The van der Waals surface area contributed by atoms with Crippen molar-refractivity contribution < 1.29 is 32.5 Å². The number of rotatable bonds is 15. The average molecular weight is 776 g/mol. The van der Waals surface area contributed by atoms with E-state index >= 15 is 0 Å². The Bertz CT molecular complexity index is 1190. The third-order valence-corrected chi connectivity index (χ3v) is 7.52. The van der Waals surface area contributed by atoms with Gasteiger partial charge in [0.15, 0.2) is 0 Å². The van der Waals surface area contributed by atoms with Crippen molar-refractivity contribution in [2.24, 2.45) is 0 Å². The van der Waals surface area contributed by atoms with Gasteiger partial charge in [0.1, 0.15) is 17.2 Å². The molecule has 3 rings (SSSR count). The molecule has 218 valence electrons. The Morgan fingerprint density at radius 2 is 0.756 bits per heavy atom. The van der Waals surface area contributed by atoms with E-state index in [2.05, 4.69) is 63.7 Å². The van der Waals surface area contributed by atoms with E-state index in [1.807, 2.05) is 0 Å². The van der Waals surface area contributed by atoms with E-state index in [0.717, 1.165) is 0 Å². The van der Waals surface area contributed by atoms with E-state index in [9.17, 15) is 18.9 Å². The van der Waals surface area contributed by atoms with Gasteiger partial charge in [-0.2, -0.15) is 4.57 Å². The van der Waals surface area contributed by atoms with Gasteiger partial charge in [-0.25, -0.2) is 0 Å². The van der Waals surface area contributed by atoms with Gasteiger partial charge in [0.25, 0.3) is 0 Å². The monoisotopic (exact) mass is 773 g/mol. The maximum absolute atomic E-state index is 13.9. The van der Waals surface area contributed by atoms with Crippen molar-refractivity contribution in [3.63, 3.8) is 0 Å². The largest absolute Gasteiger partial charge is 0.647 e. The van der Waals surface area contributed by atoms with Crippen molar-refractivity contribution in [1.82, 2.24) is 0 Å². The van der Waals surface area contributed by atoms with Gasteiger partial charge < -0.3 is 29.5 Å². The highest BCUT2D eigenvalue weighted by molar-refractivity contribution is 9.09. The predicted molar refractivity (Wildman–Crippen MR) is 170 cm³/mol. The van der Waals surface area contributed by atoms with Crippen LogP contribution in [-0.2, 0) is 18.9 Å². The molecule has 0 fully saturated rings. The van der Waals surface area contributed by atoms with Crippen LogP contribution in [0, 0.1) is 0 Å². The number of benzene rings is 3. The van der Waals surface area contributed by atoms with Crippen molar-refractivity contribution in [3.8, 4) is 17.2 Å². The fraction of sp³-hybridized carbons (Fsp3) is 0.222. The van der Waals surface area contributed by atoms with Crippen LogP contribution in [0.15, 0.2) is 72.8 Å². The molecule has 0 aliphatic carbocycles. The molecule has 3 amide bonds. The lowest BCUT2D eigenvalue weighted by Gasteiger charge is -2.20. The summed E-state index contributed by atoms with van der Waals surface area (Å²) in [4.78, 5) is 35.6. The lowest BCUT2D eigenvalue weighted by atomic mass is 10.3. The second kappa shape index (κ2) is 16.5. The molecular weight excluding hydrogens is 749 g/mol. The molecule has 0 aliphatic heterocycles. The van der Waals surface area contributed by atoms with Crippen LogP contribution in [0.3, 0.4) is 0 Å². The first-order chi connectivity index (χ1) is 19.7. The summed E-state index contributed by atoms with van der Waals surface area (Å²) in [5.41, 5.74) is 1.61. The highest BCUT2D eigenvalue weighted by Crippen LogP contribution is 2.50. The van der Waals surface area contributed by atoms with Crippen molar-refractivity contribution in [3.05, 3.63) is 72.8 Å². The summed E-state index contributed by atoms with van der Waals surface area (Å²) in [5, 5.41) is 9.84. The molecule has 0 unspecified atom stereocenters. The number of anilines is 3. The van der Waals surface area contributed by atoms with Gasteiger partial charge in [0.2, 0.25) is 17.7 Å². The number of carbonyl (C=O) groups is 3. The van der Waals surface area contributed by atoms with Crippen LogP contribution in [0.1, 0.15) is 19.3 Å². The molecule has 0 heterocycles. The maximum Gasteiger partial charge on any atom is 0.647 e. The number of hydrogen-bond acceptors (Lipinski definition) is 7. The number of halogens is 3. The van der Waals surface area contributed by atoms with E-state index in [4.69, 9.17) is 13.6 Å². The Morgan fingerprint density at radius 1 is 0.512 bits per heavy atom. The van der Waals surface area contributed by atoms with E-state index < -0.39 is 7.82 Å². The Morgan fingerprint density at radius 3 is 0.976 bits per heavy atom. The van der Waals surface area contributed by atoms with E-state index in [0.29, 0.717) is 52.3 Å².